The molecule has 0 fully saturated rings. The fourth-order valence-corrected chi connectivity index (χ4v) is 16.8. The third kappa shape index (κ3) is 3.99. The minimum absolute atomic E-state index is 0.203. The van der Waals surface area contributed by atoms with Crippen molar-refractivity contribution in [3.05, 3.63) is 70.8 Å². The summed E-state index contributed by atoms with van der Waals surface area (Å²) in [6, 6.07) is 15.4. The molecule has 0 saturated heterocycles. The van der Waals surface area contributed by atoms with E-state index < -0.39 is 13.3 Å². The number of carbonyl (C=O) groups excluding carboxylic acids is 1. The second kappa shape index (κ2) is 8.60. The third-order valence-electron chi connectivity index (χ3n) is 5.95. The first-order valence-electron chi connectivity index (χ1n) is 10.5. The molecule has 2 aromatic rings. The van der Waals surface area contributed by atoms with E-state index in [1.54, 1.807) is 0 Å². The van der Waals surface area contributed by atoms with Gasteiger partial charge in [0.1, 0.15) is 0 Å². The Labute approximate surface area is 167 Å². The number of rotatable bonds is 7. The number of aryl methyl sites for hydroxylation is 2. The van der Waals surface area contributed by atoms with Crippen molar-refractivity contribution in [3.63, 3.8) is 0 Å². The van der Waals surface area contributed by atoms with E-state index in [0.717, 1.165) is 5.56 Å². The molecule has 0 atom stereocenters. The van der Waals surface area contributed by atoms with Gasteiger partial charge < -0.3 is 0 Å². The average molecular weight is 421 g/mol. The molecular formula is C25H32GeO. The first-order valence-corrected chi connectivity index (χ1v) is 15.5. The molecule has 1 nitrogen and oxygen atoms in total. The van der Waals surface area contributed by atoms with Crippen molar-refractivity contribution >= 4 is 27.9 Å². The molecule has 3 rings (SSSR count). The van der Waals surface area contributed by atoms with Crippen LogP contribution < -0.4 is 4.40 Å². The molecular weight excluding hydrogens is 389 g/mol. The molecule has 0 bridgehead atoms. The molecule has 0 aliphatic carbocycles. The van der Waals surface area contributed by atoms with E-state index >= 15 is 0 Å². The molecule has 0 radical (unpaired) electrons. The van der Waals surface area contributed by atoms with Crippen molar-refractivity contribution in [1.82, 2.24) is 0 Å². The van der Waals surface area contributed by atoms with E-state index in [4.69, 9.17) is 0 Å². The Morgan fingerprint density at radius 1 is 0.852 bits per heavy atom. The third-order valence-corrected chi connectivity index (χ3v) is 17.2. The van der Waals surface area contributed by atoms with Gasteiger partial charge in [-0.3, -0.25) is 0 Å². The predicted molar refractivity (Wildman–Crippen MR) is 119 cm³/mol. The Balaban J connectivity index is 2.25. The van der Waals surface area contributed by atoms with Crippen LogP contribution in [0, 0.1) is 13.8 Å². The molecule has 2 heteroatoms. The first-order chi connectivity index (χ1) is 13.0. The number of hydrogen-bond donors (Lipinski definition) is 0. The number of hydrogen-bond acceptors (Lipinski definition) is 1. The van der Waals surface area contributed by atoms with Gasteiger partial charge in [0, 0.05) is 0 Å². The van der Waals surface area contributed by atoms with Gasteiger partial charge in [-0.2, -0.15) is 0 Å². The molecule has 0 spiro atoms. The van der Waals surface area contributed by atoms with Crippen molar-refractivity contribution < 1.29 is 4.79 Å². The summed E-state index contributed by atoms with van der Waals surface area (Å²) < 4.78 is 2.86. The molecule has 2 aromatic carbocycles. The van der Waals surface area contributed by atoms with E-state index in [-0.39, 0.29) is 5.78 Å². The standard InChI is InChI=1S/C25H32GeO/c1-5-7-13-26(14-8-6-2)23-12-10-9-11-22(23)25(27)18-24(26)21-16-19(3)15-20(4)17-21/h9-12,15-18H,5-8,13-14H2,1-4H3. The molecule has 0 N–H and O–H groups in total. The normalized spacial score (nSPS) is 15.4. The molecule has 0 saturated carbocycles. The van der Waals surface area contributed by atoms with Gasteiger partial charge in [-0.25, -0.2) is 0 Å². The van der Waals surface area contributed by atoms with Crippen molar-refractivity contribution in [2.75, 3.05) is 0 Å². The van der Waals surface area contributed by atoms with E-state index in [1.807, 2.05) is 12.1 Å². The van der Waals surface area contributed by atoms with Crippen LogP contribution in [-0.2, 0) is 0 Å². The van der Waals surface area contributed by atoms with Crippen LogP contribution in [0.4, 0.5) is 0 Å². The number of carbonyl (C=O) groups is 1. The maximum absolute atomic E-state index is 13.0. The van der Waals surface area contributed by atoms with E-state index in [0.29, 0.717) is 0 Å². The number of allylic oxidation sites excluding steroid dienone is 1. The summed E-state index contributed by atoms with van der Waals surface area (Å²) in [5.41, 5.74) is 4.87. The van der Waals surface area contributed by atoms with E-state index in [2.05, 4.69) is 64.1 Å². The topological polar surface area (TPSA) is 17.1 Å². The quantitative estimate of drug-likeness (QED) is 0.475. The van der Waals surface area contributed by atoms with Gasteiger partial charge in [0.05, 0.1) is 0 Å². The van der Waals surface area contributed by atoms with Gasteiger partial charge in [-0.15, -0.1) is 0 Å². The van der Waals surface area contributed by atoms with E-state index in [1.165, 1.54) is 61.7 Å². The van der Waals surface area contributed by atoms with Crippen molar-refractivity contribution in [2.24, 2.45) is 0 Å². The summed E-state index contributed by atoms with van der Waals surface area (Å²) in [6.45, 7) is 8.91. The zero-order valence-corrected chi connectivity index (χ0v) is 19.4. The summed E-state index contributed by atoms with van der Waals surface area (Å²) in [5.74, 6) is 0.203. The number of benzene rings is 2. The Morgan fingerprint density at radius 2 is 1.44 bits per heavy atom. The van der Waals surface area contributed by atoms with Crippen molar-refractivity contribution in [1.29, 1.82) is 0 Å². The van der Waals surface area contributed by atoms with Gasteiger partial charge >= 0.3 is 167 Å². The summed E-state index contributed by atoms with van der Waals surface area (Å²) in [5, 5.41) is 2.58. The molecule has 1 heterocycles. The molecule has 1 aliphatic rings. The summed E-state index contributed by atoms with van der Waals surface area (Å²) >= 11 is -2.63. The molecule has 27 heavy (non-hydrogen) atoms. The maximum atomic E-state index is 13.0. The van der Waals surface area contributed by atoms with E-state index in [9.17, 15) is 4.79 Å². The second-order valence-corrected chi connectivity index (χ2v) is 17.0. The summed E-state index contributed by atoms with van der Waals surface area (Å²) in [4.78, 5) is 13.0. The number of fused-ring (bicyclic) bond motifs is 1. The number of unbranched alkanes of at least 4 members (excludes halogenated alkanes) is 2. The van der Waals surface area contributed by atoms with Gasteiger partial charge in [0.2, 0.25) is 0 Å². The van der Waals surface area contributed by atoms with Crippen LogP contribution in [0.5, 0.6) is 0 Å². The summed E-state index contributed by atoms with van der Waals surface area (Å²) in [7, 11) is 0. The van der Waals surface area contributed by atoms with Crippen LogP contribution in [-0.4, -0.2) is 19.0 Å². The second-order valence-electron chi connectivity index (χ2n) is 8.13. The fraction of sp³-hybridized carbons (Fsp3) is 0.400. The van der Waals surface area contributed by atoms with Crippen LogP contribution in [0.1, 0.15) is 66.6 Å². The molecule has 142 valence electrons. The van der Waals surface area contributed by atoms with Crippen LogP contribution in [0.3, 0.4) is 0 Å². The molecule has 0 unspecified atom stereocenters. The van der Waals surface area contributed by atoms with Crippen molar-refractivity contribution in [3.8, 4) is 0 Å². The van der Waals surface area contributed by atoms with Crippen LogP contribution in [0.15, 0.2) is 48.5 Å². The zero-order chi connectivity index (χ0) is 19.4. The van der Waals surface area contributed by atoms with Gasteiger partial charge in [0.25, 0.3) is 0 Å². The van der Waals surface area contributed by atoms with Gasteiger partial charge in [-0.1, -0.05) is 0 Å². The van der Waals surface area contributed by atoms with Crippen LogP contribution in [0.25, 0.3) is 4.41 Å². The Bertz CT molecular complexity index is 834. The molecule has 0 aromatic heterocycles. The first kappa shape index (κ1) is 20.1. The van der Waals surface area contributed by atoms with Crippen LogP contribution in [0.2, 0.25) is 10.5 Å². The Hall–Kier alpha value is -1.61. The Morgan fingerprint density at radius 3 is 2.04 bits per heavy atom. The average Bonchev–Trinajstić information content (AvgIpc) is 2.66. The summed E-state index contributed by atoms with van der Waals surface area (Å²) in [6.07, 6.45) is 6.98. The van der Waals surface area contributed by atoms with Gasteiger partial charge in [-0.05, 0) is 0 Å². The molecule has 1 aliphatic heterocycles. The predicted octanol–water partition coefficient (Wildman–Crippen LogP) is 6.38. The monoisotopic (exact) mass is 422 g/mol. The fourth-order valence-electron chi connectivity index (χ4n) is 4.72. The Kier molecular flexibility index (Phi) is 6.41. The van der Waals surface area contributed by atoms with Crippen molar-refractivity contribution in [2.45, 2.75) is 63.9 Å². The SMILES string of the molecule is CCC[CH2][Ge]1([CH2]CCC)[C](c2cc(C)cc(C)c2)=CC(=O)c2cccc[c]21. The zero-order valence-electron chi connectivity index (χ0n) is 17.3. The minimum atomic E-state index is -2.63. The molecule has 0 amide bonds. The van der Waals surface area contributed by atoms with Gasteiger partial charge in [0.15, 0.2) is 0 Å². The number of ketones is 1. The van der Waals surface area contributed by atoms with Crippen LogP contribution >= 0.6 is 0 Å².